The van der Waals surface area contributed by atoms with E-state index in [2.05, 4.69) is 4.98 Å². The number of carbonyl (C=O) groups excluding carboxylic acids is 1. The number of aliphatic hydroxyl groups excluding tert-OH is 1. The van der Waals surface area contributed by atoms with Gasteiger partial charge in [0.15, 0.2) is 0 Å². The van der Waals surface area contributed by atoms with Gasteiger partial charge < -0.3 is 5.11 Å². The van der Waals surface area contributed by atoms with Gasteiger partial charge in [0.25, 0.3) is 0 Å². The van der Waals surface area contributed by atoms with E-state index in [0.29, 0.717) is 11.4 Å². The molecule has 0 saturated carbocycles. The lowest BCUT2D eigenvalue weighted by Crippen LogP contribution is -2.06. The predicted molar refractivity (Wildman–Crippen MR) is 39.2 cm³/mol. The molecule has 1 aromatic heterocycles. The third kappa shape index (κ3) is 1.30. The smallest absolute Gasteiger partial charge is 0.228 e. The van der Waals surface area contributed by atoms with Gasteiger partial charge >= 0.3 is 0 Å². The molecular formula is C7H10N2O2. The molecule has 0 aliphatic rings. The van der Waals surface area contributed by atoms with E-state index < -0.39 is 0 Å². The van der Waals surface area contributed by atoms with Crippen LogP contribution < -0.4 is 0 Å². The van der Waals surface area contributed by atoms with Gasteiger partial charge in [0.05, 0.1) is 12.3 Å². The minimum Gasteiger partial charge on any atom is -0.390 e. The number of aromatic nitrogens is 2. The molecule has 0 atom stereocenters. The Morgan fingerprint density at radius 3 is 2.73 bits per heavy atom. The molecule has 0 spiro atoms. The zero-order valence-electron chi connectivity index (χ0n) is 6.53. The zero-order chi connectivity index (χ0) is 8.43. The first-order valence-electron chi connectivity index (χ1n) is 3.31. The second kappa shape index (κ2) is 2.84. The Morgan fingerprint density at radius 1 is 1.82 bits per heavy atom. The van der Waals surface area contributed by atoms with Crippen LogP contribution in [0.15, 0.2) is 6.33 Å². The number of nitrogens with zero attached hydrogens (tertiary/aromatic N) is 2. The standard InChI is InChI=1S/C7H10N2O2/c1-5-7(3-10)8-4-9(5)6(2)11/h4,10H,3H2,1-2H3. The fraction of sp³-hybridized carbons (Fsp3) is 0.429. The number of hydrogen-bond donors (Lipinski definition) is 1. The summed E-state index contributed by atoms with van der Waals surface area (Å²) in [4.78, 5) is 14.7. The predicted octanol–water partition coefficient (Wildman–Crippen LogP) is 0.344. The zero-order valence-corrected chi connectivity index (χ0v) is 6.53. The van der Waals surface area contributed by atoms with Crippen LogP contribution in [0, 0.1) is 6.92 Å². The van der Waals surface area contributed by atoms with Gasteiger partial charge in [-0.1, -0.05) is 0 Å². The maximum Gasteiger partial charge on any atom is 0.228 e. The highest BCUT2D eigenvalue weighted by Gasteiger charge is 2.06. The van der Waals surface area contributed by atoms with Crippen LogP contribution in [0.3, 0.4) is 0 Å². The molecule has 60 valence electrons. The summed E-state index contributed by atoms with van der Waals surface area (Å²) in [6.45, 7) is 3.09. The van der Waals surface area contributed by atoms with Crippen LogP contribution in [0.25, 0.3) is 0 Å². The molecule has 1 heterocycles. The summed E-state index contributed by atoms with van der Waals surface area (Å²) in [5.74, 6) is -0.0882. The van der Waals surface area contributed by atoms with E-state index in [0.717, 1.165) is 0 Å². The van der Waals surface area contributed by atoms with Gasteiger partial charge in [-0.15, -0.1) is 0 Å². The maximum atomic E-state index is 10.8. The lowest BCUT2D eigenvalue weighted by molar-refractivity contribution is 0.0934. The SMILES string of the molecule is CC(=O)n1cnc(CO)c1C. The fourth-order valence-corrected chi connectivity index (χ4v) is 0.919. The molecule has 0 saturated heterocycles. The molecule has 1 aromatic rings. The Bertz CT molecular complexity index is 278. The fourth-order valence-electron chi connectivity index (χ4n) is 0.919. The summed E-state index contributed by atoms with van der Waals surface area (Å²) < 4.78 is 1.41. The van der Waals surface area contributed by atoms with Crippen molar-refractivity contribution in [2.75, 3.05) is 0 Å². The number of aliphatic hydroxyl groups is 1. The first-order chi connectivity index (χ1) is 5.16. The molecule has 4 nitrogen and oxygen atoms in total. The van der Waals surface area contributed by atoms with Crippen LogP contribution >= 0.6 is 0 Å². The van der Waals surface area contributed by atoms with E-state index in [1.54, 1.807) is 6.92 Å². The molecule has 0 radical (unpaired) electrons. The molecule has 4 heteroatoms. The van der Waals surface area contributed by atoms with Gasteiger partial charge in [0.2, 0.25) is 5.91 Å². The highest BCUT2D eigenvalue weighted by atomic mass is 16.3. The topological polar surface area (TPSA) is 55.1 Å². The third-order valence-corrected chi connectivity index (χ3v) is 1.60. The molecule has 0 unspecified atom stereocenters. The van der Waals surface area contributed by atoms with Crippen LogP contribution in [0.5, 0.6) is 0 Å². The minimum absolute atomic E-state index is 0.0882. The van der Waals surface area contributed by atoms with Crippen molar-refractivity contribution in [3.8, 4) is 0 Å². The number of hydrogen-bond acceptors (Lipinski definition) is 3. The Labute approximate surface area is 64.5 Å². The Kier molecular flexibility index (Phi) is 2.05. The molecule has 0 bridgehead atoms. The van der Waals surface area contributed by atoms with Gasteiger partial charge in [-0.25, -0.2) is 4.98 Å². The maximum absolute atomic E-state index is 10.8. The van der Waals surface area contributed by atoms with Crippen molar-refractivity contribution in [1.82, 2.24) is 9.55 Å². The molecule has 0 aliphatic carbocycles. The number of imidazole rings is 1. The first kappa shape index (κ1) is 7.94. The van der Waals surface area contributed by atoms with Crippen molar-refractivity contribution in [3.63, 3.8) is 0 Å². The van der Waals surface area contributed by atoms with E-state index in [4.69, 9.17) is 5.11 Å². The van der Waals surface area contributed by atoms with Gasteiger partial charge in [-0.3, -0.25) is 9.36 Å². The highest BCUT2D eigenvalue weighted by molar-refractivity contribution is 5.76. The average Bonchev–Trinajstić information content (AvgIpc) is 2.30. The van der Waals surface area contributed by atoms with Crippen molar-refractivity contribution in [1.29, 1.82) is 0 Å². The van der Waals surface area contributed by atoms with Crippen molar-refractivity contribution in [2.24, 2.45) is 0 Å². The second-order valence-corrected chi connectivity index (χ2v) is 2.32. The van der Waals surface area contributed by atoms with Crippen LogP contribution in [0.1, 0.15) is 23.1 Å². The van der Waals surface area contributed by atoms with Crippen molar-refractivity contribution >= 4 is 5.91 Å². The van der Waals surface area contributed by atoms with Gasteiger partial charge in [-0.2, -0.15) is 0 Å². The van der Waals surface area contributed by atoms with E-state index in [-0.39, 0.29) is 12.5 Å². The summed E-state index contributed by atoms with van der Waals surface area (Å²) in [5, 5.41) is 8.73. The molecule has 1 N–H and O–H groups in total. The summed E-state index contributed by atoms with van der Waals surface area (Å²) >= 11 is 0. The summed E-state index contributed by atoms with van der Waals surface area (Å²) in [7, 11) is 0. The summed E-state index contributed by atoms with van der Waals surface area (Å²) in [5.41, 5.74) is 1.26. The number of carbonyl (C=O) groups is 1. The lowest BCUT2D eigenvalue weighted by Gasteiger charge is -1.97. The third-order valence-electron chi connectivity index (χ3n) is 1.60. The van der Waals surface area contributed by atoms with Gasteiger partial charge in [0.1, 0.15) is 6.33 Å². The molecular weight excluding hydrogens is 144 g/mol. The minimum atomic E-state index is -0.119. The average molecular weight is 154 g/mol. The van der Waals surface area contributed by atoms with Crippen molar-refractivity contribution in [2.45, 2.75) is 20.5 Å². The molecule has 0 fully saturated rings. The molecule has 1 rings (SSSR count). The Hall–Kier alpha value is -1.16. The summed E-state index contributed by atoms with van der Waals surface area (Å²) in [6.07, 6.45) is 1.42. The van der Waals surface area contributed by atoms with E-state index >= 15 is 0 Å². The first-order valence-corrected chi connectivity index (χ1v) is 3.31. The summed E-state index contributed by atoms with van der Waals surface area (Å²) in [6, 6.07) is 0. The lowest BCUT2D eigenvalue weighted by atomic mass is 10.3. The van der Waals surface area contributed by atoms with Crippen LogP contribution in [0.4, 0.5) is 0 Å². The van der Waals surface area contributed by atoms with Crippen molar-refractivity contribution in [3.05, 3.63) is 17.7 Å². The van der Waals surface area contributed by atoms with Crippen LogP contribution in [-0.4, -0.2) is 20.6 Å². The largest absolute Gasteiger partial charge is 0.390 e. The van der Waals surface area contributed by atoms with E-state index in [1.165, 1.54) is 17.8 Å². The number of rotatable bonds is 1. The van der Waals surface area contributed by atoms with Gasteiger partial charge in [-0.05, 0) is 6.92 Å². The van der Waals surface area contributed by atoms with Crippen LogP contribution in [0.2, 0.25) is 0 Å². The van der Waals surface area contributed by atoms with E-state index in [1.807, 2.05) is 0 Å². The molecule has 0 aliphatic heterocycles. The van der Waals surface area contributed by atoms with Crippen LogP contribution in [-0.2, 0) is 6.61 Å². The quantitative estimate of drug-likeness (QED) is 0.634. The highest BCUT2D eigenvalue weighted by Crippen LogP contribution is 2.04. The molecule has 0 amide bonds. The van der Waals surface area contributed by atoms with Gasteiger partial charge in [0, 0.05) is 12.6 Å². The second-order valence-electron chi connectivity index (χ2n) is 2.32. The Morgan fingerprint density at radius 2 is 2.45 bits per heavy atom. The van der Waals surface area contributed by atoms with Crippen molar-refractivity contribution < 1.29 is 9.90 Å². The Balaban J connectivity index is 3.10. The van der Waals surface area contributed by atoms with E-state index in [9.17, 15) is 4.79 Å². The molecule has 0 aromatic carbocycles. The normalized spacial score (nSPS) is 10.1. The molecule has 11 heavy (non-hydrogen) atoms. The monoisotopic (exact) mass is 154 g/mol.